The smallest absolute Gasteiger partial charge is 0.669 e. The maximum Gasteiger partial charge on any atom is 1.00 e. The Labute approximate surface area is 235 Å². The molecule has 0 spiro atoms. The Bertz CT molecular complexity index is 1310. The number of nitrogens with one attached hydrogen (secondary N) is 2. The Morgan fingerprint density at radius 2 is 1.05 bits per heavy atom. The second-order valence-electron chi connectivity index (χ2n) is 9.28. The van der Waals surface area contributed by atoms with Gasteiger partial charge in [-0.2, -0.15) is 0 Å². The van der Waals surface area contributed by atoms with Crippen LogP contribution >= 0.6 is 0 Å². The molecule has 0 bridgehead atoms. The minimum atomic E-state index is -3.75. The van der Waals surface area contributed by atoms with E-state index >= 15 is 0 Å². The van der Waals surface area contributed by atoms with Crippen molar-refractivity contribution < 1.29 is 27.9 Å². The van der Waals surface area contributed by atoms with E-state index in [1.807, 2.05) is 67.6 Å². The van der Waals surface area contributed by atoms with Gasteiger partial charge in [-0.25, -0.2) is 13.1 Å². The molecule has 0 fully saturated rings. The number of aryl methyl sites for hydroxylation is 2. The zero-order chi connectivity index (χ0) is 26.1. The maximum atomic E-state index is 12.9. The van der Waals surface area contributed by atoms with Crippen LogP contribution in [-0.4, -0.2) is 8.42 Å². The molecule has 0 aromatic heterocycles. The molecule has 1 radical (unpaired) electrons. The summed E-state index contributed by atoms with van der Waals surface area (Å²) in [5, 5.41) is 0. The van der Waals surface area contributed by atoms with E-state index in [4.69, 9.17) is 5.73 Å². The molecule has 6 heteroatoms. The molecule has 0 saturated heterocycles. The van der Waals surface area contributed by atoms with E-state index in [-0.39, 0.29) is 24.4 Å². The van der Waals surface area contributed by atoms with Gasteiger partial charge in [-0.15, -0.1) is 0 Å². The van der Waals surface area contributed by atoms with E-state index < -0.39 is 22.1 Å². The summed E-state index contributed by atoms with van der Waals surface area (Å²) < 4.78 is 28.5. The van der Waals surface area contributed by atoms with Gasteiger partial charge in [0.1, 0.15) is 0 Å². The van der Waals surface area contributed by atoms with Gasteiger partial charge >= 0.3 is 19.5 Å². The van der Waals surface area contributed by atoms with Crippen LogP contribution in [0.5, 0.6) is 0 Å². The summed E-state index contributed by atoms with van der Waals surface area (Å²) in [4.78, 5) is 0.198. The van der Waals surface area contributed by atoms with Gasteiger partial charge in [0.15, 0.2) is 0 Å². The molecule has 0 amide bonds. The molecule has 4 aromatic carbocycles. The van der Waals surface area contributed by atoms with Crippen molar-refractivity contribution in [3.63, 3.8) is 0 Å². The van der Waals surface area contributed by atoms with Gasteiger partial charge in [-0.05, 0) is 43.0 Å². The average molecular weight is 601 g/mol. The van der Waals surface area contributed by atoms with Crippen molar-refractivity contribution >= 4 is 10.0 Å². The Morgan fingerprint density at radius 3 is 1.51 bits per heavy atom. The maximum absolute atomic E-state index is 12.9. The van der Waals surface area contributed by atoms with E-state index in [2.05, 4.69) is 49.8 Å². The number of rotatable bonds is 7. The van der Waals surface area contributed by atoms with Crippen LogP contribution in [0.3, 0.4) is 0 Å². The molecule has 2 atom stereocenters. The number of hydrogen-bond acceptors (Lipinski definition) is 2. The quantitative estimate of drug-likeness (QED) is 0.219. The molecule has 0 heterocycles. The van der Waals surface area contributed by atoms with E-state index in [0.717, 1.165) is 16.7 Å². The summed E-state index contributed by atoms with van der Waals surface area (Å²) in [5.41, 5.74) is 13.9. The summed E-state index contributed by atoms with van der Waals surface area (Å²) in [7, 11) is -3.75. The first kappa shape index (κ1) is 30.6. The zero-order valence-corrected chi connectivity index (χ0v) is 24.3. The topological polar surface area (TPSA) is 70.0 Å². The molecule has 2 N–H and O–H groups in total. The van der Waals surface area contributed by atoms with Crippen LogP contribution in [0.15, 0.2) is 114 Å². The third-order valence-electron chi connectivity index (χ3n) is 6.01. The van der Waals surface area contributed by atoms with Crippen LogP contribution < -0.4 is 4.72 Å². The molecule has 0 aliphatic rings. The van der Waals surface area contributed by atoms with Gasteiger partial charge in [-0.3, -0.25) is 0 Å². The van der Waals surface area contributed by atoms with Crippen molar-refractivity contribution in [2.75, 3.05) is 0 Å². The predicted octanol–water partition coefficient (Wildman–Crippen LogP) is 7.92. The van der Waals surface area contributed by atoms with Crippen molar-refractivity contribution in [2.45, 2.75) is 50.6 Å². The summed E-state index contributed by atoms with van der Waals surface area (Å²) in [5.74, 6) is 0.653. The fourth-order valence-electron chi connectivity index (χ4n) is 3.75. The number of benzene rings is 4. The van der Waals surface area contributed by atoms with Crippen molar-refractivity contribution in [1.82, 2.24) is 4.72 Å². The van der Waals surface area contributed by atoms with Gasteiger partial charge < -0.3 is 5.73 Å². The molecule has 0 aliphatic carbocycles. The largest absolute Gasteiger partial charge is 1.00 e. The van der Waals surface area contributed by atoms with Crippen LogP contribution in [0.25, 0.3) is 5.73 Å². The molecule has 4 nitrogen and oxygen atoms in total. The SMILES string of the molecule is Cc1ccc(C(C)C)cc1.Cc1ccc(S(=O)(=O)N[C@@H](c2ccccc2)[C@@H]([NH-])c2ccccc2)cc1.[Ru+]. The van der Waals surface area contributed by atoms with Crippen LogP contribution in [0, 0.1) is 13.8 Å². The normalized spacial score (nSPS) is 12.6. The van der Waals surface area contributed by atoms with Crippen LogP contribution in [0.1, 0.15) is 59.7 Å². The first-order chi connectivity index (χ1) is 17.2. The molecule has 0 aliphatic heterocycles. The summed E-state index contributed by atoms with van der Waals surface area (Å²) >= 11 is 0. The van der Waals surface area contributed by atoms with Crippen LogP contribution in [0.4, 0.5) is 0 Å². The molecule has 4 aromatic rings. The number of hydrogen-bond donors (Lipinski definition) is 1. The van der Waals surface area contributed by atoms with E-state index in [0.29, 0.717) is 5.92 Å². The summed E-state index contributed by atoms with van der Waals surface area (Å²) in [6, 6.07) is 32.5. The molecule has 195 valence electrons. The van der Waals surface area contributed by atoms with Crippen molar-refractivity contribution in [2.24, 2.45) is 0 Å². The Hall–Kier alpha value is -2.63. The second-order valence-corrected chi connectivity index (χ2v) is 11.0. The van der Waals surface area contributed by atoms with Gasteiger partial charge in [0.05, 0.1) is 4.90 Å². The summed E-state index contributed by atoms with van der Waals surface area (Å²) in [6.07, 6.45) is 0. The van der Waals surface area contributed by atoms with E-state index in [1.54, 1.807) is 24.3 Å². The predicted molar refractivity (Wildman–Crippen MR) is 149 cm³/mol. The summed E-state index contributed by atoms with van der Waals surface area (Å²) in [6.45, 7) is 8.45. The first-order valence-corrected chi connectivity index (χ1v) is 13.6. The Morgan fingerprint density at radius 1 is 0.622 bits per heavy atom. The minimum Gasteiger partial charge on any atom is -0.669 e. The van der Waals surface area contributed by atoms with Crippen LogP contribution in [-0.2, 0) is 29.5 Å². The molecule has 0 saturated carbocycles. The number of sulfonamides is 1. The molecule has 0 unspecified atom stereocenters. The van der Waals surface area contributed by atoms with E-state index in [1.165, 1.54) is 11.1 Å². The molecular weight excluding hydrogens is 565 g/mol. The second kappa shape index (κ2) is 14.3. The molecule has 37 heavy (non-hydrogen) atoms. The third-order valence-corrected chi connectivity index (χ3v) is 7.47. The minimum absolute atomic E-state index is 0. The Kier molecular flexibility index (Phi) is 11.9. The van der Waals surface area contributed by atoms with Crippen molar-refractivity contribution in [3.8, 4) is 0 Å². The fourth-order valence-corrected chi connectivity index (χ4v) is 4.98. The molecular formula is C31H35N2O2RuS. The molecule has 4 rings (SSSR count). The van der Waals surface area contributed by atoms with Crippen LogP contribution in [0.2, 0.25) is 0 Å². The van der Waals surface area contributed by atoms with Gasteiger partial charge in [0, 0.05) is 6.04 Å². The van der Waals surface area contributed by atoms with Crippen molar-refractivity contribution in [3.05, 3.63) is 143 Å². The van der Waals surface area contributed by atoms with Crippen molar-refractivity contribution in [1.29, 1.82) is 0 Å². The Balaban J connectivity index is 0.000000369. The fraction of sp³-hybridized carbons (Fsp3) is 0.226. The first-order valence-electron chi connectivity index (χ1n) is 12.1. The monoisotopic (exact) mass is 601 g/mol. The average Bonchev–Trinajstić information content (AvgIpc) is 2.89. The zero-order valence-electron chi connectivity index (χ0n) is 21.7. The third kappa shape index (κ3) is 9.01. The van der Waals surface area contributed by atoms with Gasteiger partial charge in [-0.1, -0.05) is 134 Å². The van der Waals surface area contributed by atoms with Gasteiger partial charge in [0.25, 0.3) is 0 Å². The standard InChI is InChI=1S/C21H21N2O2S.C10H14.Ru/c1-16-12-14-19(15-13-16)26(24,25)23-21(18-10-6-3-7-11-18)20(22)17-8-4-2-5-9-17;1-8(2)10-6-4-9(3)5-7-10;/h2-15,20-23H,1H3;4-8H,1-3H3;/q-1;;+1/t20-,21-;;/m0../s1. The van der Waals surface area contributed by atoms with Gasteiger partial charge in [0.2, 0.25) is 10.0 Å². The van der Waals surface area contributed by atoms with E-state index in [9.17, 15) is 8.42 Å².